The van der Waals surface area contributed by atoms with E-state index in [0.29, 0.717) is 24.0 Å². The number of fused-ring (bicyclic) bond motifs is 1. The van der Waals surface area contributed by atoms with Crippen LogP contribution in [0.25, 0.3) is 0 Å². The molecular formula is C26H23N5O3. The van der Waals surface area contributed by atoms with E-state index in [1.54, 1.807) is 19.1 Å². The number of benzene rings is 3. The van der Waals surface area contributed by atoms with Crippen LogP contribution in [0.5, 0.6) is 11.5 Å². The van der Waals surface area contributed by atoms with E-state index in [9.17, 15) is 4.79 Å². The third-order valence-electron chi connectivity index (χ3n) is 5.54. The van der Waals surface area contributed by atoms with Crippen LogP contribution in [0.3, 0.4) is 0 Å². The highest BCUT2D eigenvalue weighted by Gasteiger charge is 2.34. The number of aromatic nitrogens is 2. The van der Waals surface area contributed by atoms with Crippen LogP contribution in [0, 0.1) is 0 Å². The molecule has 1 aliphatic heterocycles. The van der Waals surface area contributed by atoms with Gasteiger partial charge in [-0.05, 0) is 60.7 Å². The monoisotopic (exact) mass is 453 g/mol. The van der Waals surface area contributed by atoms with Crippen LogP contribution in [0.2, 0.25) is 0 Å². The summed E-state index contributed by atoms with van der Waals surface area (Å²) in [6.45, 7) is 0.360. The highest BCUT2D eigenvalue weighted by Crippen LogP contribution is 2.34. The van der Waals surface area contributed by atoms with Crippen LogP contribution in [0.4, 0.5) is 28.8 Å². The number of ether oxygens (including phenoxy) is 2. The van der Waals surface area contributed by atoms with Gasteiger partial charge in [0.15, 0.2) is 0 Å². The smallest absolute Gasteiger partial charge is 0.277 e. The van der Waals surface area contributed by atoms with Gasteiger partial charge in [0.1, 0.15) is 23.0 Å². The first-order chi connectivity index (χ1) is 16.6. The molecule has 0 radical (unpaired) electrons. The number of para-hydroxylation sites is 1. The minimum Gasteiger partial charge on any atom is -0.497 e. The second-order valence-corrected chi connectivity index (χ2v) is 7.66. The minimum absolute atomic E-state index is 0.184. The molecule has 0 aliphatic carbocycles. The predicted molar refractivity (Wildman–Crippen MR) is 132 cm³/mol. The molecule has 0 bridgehead atoms. The van der Waals surface area contributed by atoms with Crippen LogP contribution in [0.1, 0.15) is 16.1 Å². The number of methoxy groups -OCH3 is 2. The molecule has 1 aliphatic rings. The number of hydrogen-bond donors (Lipinski definition) is 2. The van der Waals surface area contributed by atoms with E-state index in [4.69, 9.17) is 14.5 Å². The van der Waals surface area contributed by atoms with Crippen molar-refractivity contribution in [3.8, 4) is 11.5 Å². The maximum atomic E-state index is 13.4. The summed E-state index contributed by atoms with van der Waals surface area (Å²) in [6.07, 6.45) is 0. The highest BCUT2D eigenvalue weighted by molar-refractivity contribution is 6.10. The molecule has 0 spiro atoms. The molecule has 170 valence electrons. The number of amides is 1. The summed E-state index contributed by atoms with van der Waals surface area (Å²) in [7, 11) is 3.23. The topological polar surface area (TPSA) is 88.6 Å². The van der Waals surface area contributed by atoms with Crippen molar-refractivity contribution in [2.45, 2.75) is 6.54 Å². The van der Waals surface area contributed by atoms with E-state index in [-0.39, 0.29) is 5.91 Å². The average Bonchev–Trinajstić information content (AvgIpc) is 3.22. The molecule has 0 atom stereocenters. The Hall–Kier alpha value is -4.59. The number of anilines is 5. The molecule has 0 saturated carbocycles. The Morgan fingerprint density at radius 1 is 0.765 bits per heavy atom. The van der Waals surface area contributed by atoms with E-state index in [1.165, 1.54) is 0 Å². The number of nitrogens with zero attached hydrogens (tertiary/aromatic N) is 3. The molecule has 2 heterocycles. The summed E-state index contributed by atoms with van der Waals surface area (Å²) in [4.78, 5) is 24.3. The molecule has 8 nitrogen and oxygen atoms in total. The Kier molecular flexibility index (Phi) is 5.70. The van der Waals surface area contributed by atoms with E-state index >= 15 is 0 Å². The Balaban J connectivity index is 1.51. The third kappa shape index (κ3) is 4.21. The van der Waals surface area contributed by atoms with Gasteiger partial charge in [-0.1, -0.05) is 18.2 Å². The summed E-state index contributed by atoms with van der Waals surface area (Å²) < 4.78 is 10.5. The fourth-order valence-corrected chi connectivity index (χ4v) is 3.76. The van der Waals surface area contributed by atoms with Crippen LogP contribution in [-0.2, 0) is 6.54 Å². The van der Waals surface area contributed by atoms with Crippen molar-refractivity contribution >= 4 is 34.7 Å². The fourth-order valence-electron chi connectivity index (χ4n) is 3.76. The summed E-state index contributed by atoms with van der Waals surface area (Å²) in [5, 5.41) is 6.55. The molecule has 3 aromatic carbocycles. The summed E-state index contributed by atoms with van der Waals surface area (Å²) in [6, 6.07) is 24.5. The van der Waals surface area contributed by atoms with Gasteiger partial charge >= 0.3 is 0 Å². The van der Waals surface area contributed by atoms with E-state index in [2.05, 4.69) is 15.6 Å². The first-order valence-electron chi connectivity index (χ1n) is 10.7. The van der Waals surface area contributed by atoms with Gasteiger partial charge in [-0.2, -0.15) is 4.98 Å². The molecule has 0 unspecified atom stereocenters. The van der Waals surface area contributed by atoms with Crippen molar-refractivity contribution in [3.05, 3.63) is 90.1 Å². The third-order valence-corrected chi connectivity index (χ3v) is 5.54. The van der Waals surface area contributed by atoms with Gasteiger partial charge in [0.2, 0.25) is 5.95 Å². The van der Waals surface area contributed by atoms with Gasteiger partial charge in [0.05, 0.1) is 20.8 Å². The van der Waals surface area contributed by atoms with Crippen LogP contribution < -0.4 is 25.0 Å². The number of nitrogens with one attached hydrogen (secondary N) is 2. The maximum absolute atomic E-state index is 13.4. The number of hydrogen-bond acceptors (Lipinski definition) is 7. The van der Waals surface area contributed by atoms with Crippen LogP contribution in [-0.4, -0.2) is 30.1 Å². The van der Waals surface area contributed by atoms with E-state index in [1.807, 2.05) is 78.9 Å². The first kappa shape index (κ1) is 21.3. The normalized spacial score (nSPS) is 12.3. The van der Waals surface area contributed by atoms with Gasteiger partial charge in [-0.3, -0.25) is 4.79 Å². The van der Waals surface area contributed by atoms with Gasteiger partial charge in [0, 0.05) is 22.6 Å². The zero-order valence-corrected chi connectivity index (χ0v) is 18.8. The fraction of sp³-hybridized carbons (Fsp3) is 0.115. The largest absolute Gasteiger partial charge is 0.497 e. The lowest BCUT2D eigenvalue weighted by Gasteiger charge is -2.16. The standard InChI is InChI=1S/C26H23N5O3/c1-33-20-12-8-18(9-13-20)28-26-29-23-22(24(30-26)27-17-6-4-3-5-7-17)16-31(25(23)32)19-10-14-21(34-2)15-11-19/h3-15H,16H2,1-2H3,(H2,27,28,29,30). The Morgan fingerprint density at radius 3 is 2.03 bits per heavy atom. The van der Waals surface area contributed by atoms with Crippen LogP contribution >= 0.6 is 0 Å². The Morgan fingerprint density at radius 2 is 1.38 bits per heavy atom. The molecular weight excluding hydrogens is 430 g/mol. The lowest BCUT2D eigenvalue weighted by molar-refractivity contribution is 0.0992. The van der Waals surface area contributed by atoms with Crippen LogP contribution in [0.15, 0.2) is 78.9 Å². The van der Waals surface area contributed by atoms with Crippen molar-refractivity contribution in [1.29, 1.82) is 0 Å². The summed E-state index contributed by atoms with van der Waals surface area (Å²) >= 11 is 0. The van der Waals surface area contributed by atoms with E-state index < -0.39 is 0 Å². The quantitative estimate of drug-likeness (QED) is 0.400. The zero-order chi connectivity index (χ0) is 23.5. The summed E-state index contributed by atoms with van der Waals surface area (Å²) in [5.74, 6) is 2.20. The number of rotatable bonds is 7. The van der Waals surface area contributed by atoms with Crippen molar-refractivity contribution in [1.82, 2.24) is 9.97 Å². The molecule has 0 saturated heterocycles. The zero-order valence-electron chi connectivity index (χ0n) is 18.8. The molecule has 34 heavy (non-hydrogen) atoms. The Bertz CT molecular complexity index is 1310. The predicted octanol–water partition coefficient (Wildman–Crippen LogP) is 5.14. The molecule has 0 fully saturated rings. The lowest BCUT2D eigenvalue weighted by atomic mass is 10.2. The molecule has 4 aromatic rings. The Labute approximate surface area is 197 Å². The summed E-state index contributed by atoms with van der Waals surface area (Å²) in [5.41, 5.74) is 3.52. The van der Waals surface area contributed by atoms with Crippen molar-refractivity contribution in [2.24, 2.45) is 0 Å². The average molecular weight is 454 g/mol. The number of carbonyl (C=O) groups is 1. The second-order valence-electron chi connectivity index (χ2n) is 7.66. The molecule has 8 heteroatoms. The number of carbonyl (C=O) groups excluding carboxylic acids is 1. The SMILES string of the molecule is COc1ccc(Nc2nc(Nc3ccccc3)c3c(n2)C(=O)N(c2ccc(OC)cc2)C3)cc1. The molecule has 1 aromatic heterocycles. The van der Waals surface area contributed by atoms with Crippen molar-refractivity contribution in [3.63, 3.8) is 0 Å². The first-order valence-corrected chi connectivity index (χ1v) is 10.7. The van der Waals surface area contributed by atoms with Gasteiger partial charge < -0.3 is 25.0 Å². The molecule has 2 N–H and O–H groups in total. The van der Waals surface area contributed by atoms with Gasteiger partial charge in [0.25, 0.3) is 5.91 Å². The van der Waals surface area contributed by atoms with Gasteiger partial charge in [-0.15, -0.1) is 0 Å². The molecule has 5 rings (SSSR count). The highest BCUT2D eigenvalue weighted by atomic mass is 16.5. The van der Waals surface area contributed by atoms with Crippen molar-refractivity contribution < 1.29 is 14.3 Å². The van der Waals surface area contributed by atoms with Gasteiger partial charge in [-0.25, -0.2) is 4.98 Å². The van der Waals surface area contributed by atoms with Crippen molar-refractivity contribution in [2.75, 3.05) is 29.8 Å². The minimum atomic E-state index is -0.184. The molecule has 1 amide bonds. The second kappa shape index (κ2) is 9.11. The van der Waals surface area contributed by atoms with E-state index in [0.717, 1.165) is 34.1 Å². The lowest BCUT2D eigenvalue weighted by Crippen LogP contribution is -2.23. The maximum Gasteiger partial charge on any atom is 0.277 e.